The van der Waals surface area contributed by atoms with Gasteiger partial charge in [-0.1, -0.05) is 19.4 Å². The minimum atomic E-state index is 0.222. The largest absolute Gasteiger partial charge is 0.338 e. The van der Waals surface area contributed by atoms with Crippen molar-refractivity contribution in [2.75, 3.05) is 13.1 Å². The first-order chi connectivity index (χ1) is 7.31. The van der Waals surface area contributed by atoms with Crippen molar-refractivity contribution in [2.45, 2.75) is 26.2 Å². The molecule has 0 aliphatic carbocycles. The Morgan fingerprint density at radius 3 is 2.80 bits per heavy atom. The van der Waals surface area contributed by atoms with Crippen LogP contribution in [0.25, 0.3) is 0 Å². The van der Waals surface area contributed by atoms with Crippen LogP contribution in [0.5, 0.6) is 0 Å². The van der Waals surface area contributed by atoms with Crippen molar-refractivity contribution >= 4 is 17.2 Å². The molecule has 0 saturated carbocycles. The Morgan fingerprint density at radius 2 is 2.27 bits per heavy atom. The lowest BCUT2D eigenvalue weighted by molar-refractivity contribution is 0.0694. The number of likely N-dealkylation sites (tertiary alicyclic amines) is 1. The highest BCUT2D eigenvalue weighted by molar-refractivity contribution is 7.12. The number of piperidine rings is 1. The first-order valence-corrected chi connectivity index (χ1v) is 6.52. The molecule has 1 amide bonds. The summed E-state index contributed by atoms with van der Waals surface area (Å²) in [4.78, 5) is 14.9. The molecule has 1 fully saturated rings. The van der Waals surface area contributed by atoms with Gasteiger partial charge in [-0.15, -0.1) is 11.3 Å². The molecular weight excluding hydrogens is 206 g/mol. The Morgan fingerprint density at radius 1 is 1.53 bits per heavy atom. The molecule has 0 spiro atoms. The summed E-state index contributed by atoms with van der Waals surface area (Å²) in [6, 6.07) is 3.86. The summed E-state index contributed by atoms with van der Waals surface area (Å²) >= 11 is 1.54. The SMILES string of the molecule is CCC1CCN(C(=O)c2cccs2)CC1. The van der Waals surface area contributed by atoms with Gasteiger partial charge in [-0.2, -0.15) is 0 Å². The van der Waals surface area contributed by atoms with Crippen LogP contribution in [0.2, 0.25) is 0 Å². The number of thiophene rings is 1. The average molecular weight is 223 g/mol. The number of hydrogen-bond acceptors (Lipinski definition) is 2. The first-order valence-electron chi connectivity index (χ1n) is 5.64. The van der Waals surface area contributed by atoms with E-state index in [2.05, 4.69) is 6.92 Å². The van der Waals surface area contributed by atoms with E-state index < -0.39 is 0 Å². The Bertz CT molecular complexity index is 312. The maximum Gasteiger partial charge on any atom is 0.263 e. The second kappa shape index (κ2) is 4.79. The highest BCUT2D eigenvalue weighted by Gasteiger charge is 2.22. The van der Waals surface area contributed by atoms with E-state index in [9.17, 15) is 4.79 Å². The summed E-state index contributed by atoms with van der Waals surface area (Å²) in [5.41, 5.74) is 0. The smallest absolute Gasteiger partial charge is 0.263 e. The third kappa shape index (κ3) is 2.40. The summed E-state index contributed by atoms with van der Waals surface area (Å²) in [5, 5.41) is 1.96. The van der Waals surface area contributed by atoms with Crippen LogP contribution >= 0.6 is 11.3 Å². The van der Waals surface area contributed by atoms with E-state index in [1.54, 1.807) is 11.3 Å². The maximum absolute atomic E-state index is 12.0. The molecule has 0 atom stereocenters. The van der Waals surface area contributed by atoms with Gasteiger partial charge in [0, 0.05) is 13.1 Å². The third-order valence-corrected chi connectivity index (χ3v) is 4.07. The number of carbonyl (C=O) groups is 1. The summed E-state index contributed by atoms with van der Waals surface area (Å²) in [6.07, 6.45) is 3.60. The van der Waals surface area contributed by atoms with Crippen molar-refractivity contribution in [3.8, 4) is 0 Å². The summed E-state index contributed by atoms with van der Waals surface area (Å²) in [7, 11) is 0. The average Bonchev–Trinajstić information content (AvgIpc) is 2.82. The lowest BCUT2D eigenvalue weighted by Crippen LogP contribution is -2.37. The predicted octanol–water partition coefficient (Wildman–Crippen LogP) is 3.01. The monoisotopic (exact) mass is 223 g/mol. The van der Waals surface area contributed by atoms with Gasteiger partial charge in [-0.3, -0.25) is 4.79 Å². The number of hydrogen-bond donors (Lipinski definition) is 0. The second-order valence-corrected chi connectivity index (χ2v) is 5.07. The molecule has 2 nitrogen and oxygen atoms in total. The molecule has 3 heteroatoms. The first kappa shape index (κ1) is 10.7. The standard InChI is InChI=1S/C12H17NOS/c1-2-10-5-7-13(8-6-10)12(14)11-4-3-9-15-11/h3-4,9-10H,2,5-8H2,1H3. The quantitative estimate of drug-likeness (QED) is 0.754. The fourth-order valence-electron chi connectivity index (χ4n) is 2.10. The van der Waals surface area contributed by atoms with Crippen molar-refractivity contribution in [2.24, 2.45) is 5.92 Å². The Kier molecular flexibility index (Phi) is 3.41. The molecule has 0 bridgehead atoms. The molecule has 15 heavy (non-hydrogen) atoms. The van der Waals surface area contributed by atoms with Gasteiger partial charge < -0.3 is 4.90 Å². The molecule has 82 valence electrons. The van der Waals surface area contributed by atoms with Crippen LogP contribution in [-0.4, -0.2) is 23.9 Å². The Labute approximate surface area is 94.9 Å². The molecule has 1 aliphatic heterocycles. The van der Waals surface area contributed by atoms with Gasteiger partial charge >= 0.3 is 0 Å². The van der Waals surface area contributed by atoms with Gasteiger partial charge in [-0.05, 0) is 30.2 Å². The van der Waals surface area contributed by atoms with Crippen molar-refractivity contribution < 1.29 is 4.79 Å². The van der Waals surface area contributed by atoms with Crippen LogP contribution in [0.4, 0.5) is 0 Å². The molecule has 1 aromatic heterocycles. The number of amides is 1. The van der Waals surface area contributed by atoms with E-state index in [1.165, 1.54) is 19.3 Å². The van der Waals surface area contributed by atoms with E-state index in [-0.39, 0.29) is 5.91 Å². The maximum atomic E-state index is 12.0. The van der Waals surface area contributed by atoms with E-state index in [4.69, 9.17) is 0 Å². The zero-order chi connectivity index (χ0) is 10.7. The number of carbonyl (C=O) groups excluding carboxylic acids is 1. The molecule has 1 aliphatic rings. The molecule has 1 saturated heterocycles. The van der Waals surface area contributed by atoms with Crippen LogP contribution in [0.1, 0.15) is 35.9 Å². The number of rotatable bonds is 2. The molecule has 2 heterocycles. The highest BCUT2D eigenvalue weighted by Crippen LogP contribution is 2.22. The fourth-order valence-corrected chi connectivity index (χ4v) is 2.79. The zero-order valence-corrected chi connectivity index (χ0v) is 9.93. The van der Waals surface area contributed by atoms with Gasteiger partial charge in [-0.25, -0.2) is 0 Å². The second-order valence-electron chi connectivity index (χ2n) is 4.12. The normalized spacial score (nSPS) is 18.1. The lowest BCUT2D eigenvalue weighted by Gasteiger charge is -2.31. The molecule has 0 aromatic carbocycles. The third-order valence-electron chi connectivity index (χ3n) is 3.21. The van der Waals surface area contributed by atoms with E-state index in [1.807, 2.05) is 22.4 Å². The molecule has 0 radical (unpaired) electrons. The van der Waals surface area contributed by atoms with Gasteiger partial charge in [0.2, 0.25) is 0 Å². The summed E-state index contributed by atoms with van der Waals surface area (Å²) in [5.74, 6) is 1.05. The topological polar surface area (TPSA) is 20.3 Å². The van der Waals surface area contributed by atoms with Gasteiger partial charge in [0.25, 0.3) is 5.91 Å². The molecule has 0 N–H and O–H groups in total. The van der Waals surface area contributed by atoms with Crippen LogP contribution in [-0.2, 0) is 0 Å². The van der Waals surface area contributed by atoms with E-state index in [0.29, 0.717) is 0 Å². The van der Waals surface area contributed by atoms with Crippen LogP contribution in [0, 0.1) is 5.92 Å². The zero-order valence-electron chi connectivity index (χ0n) is 9.11. The number of nitrogens with zero attached hydrogens (tertiary/aromatic N) is 1. The van der Waals surface area contributed by atoms with Crippen LogP contribution in [0.15, 0.2) is 17.5 Å². The van der Waals surface area contributed by atoms with Crippen LogP contribution in [0.3, 0.4) is 0 Å². The lowest BCUT2D eigenvalue weighted by atomic mass is 9.94. The van der Waals surface area contributed by atoms with E-state index >= 15 is 0 Å². The van der Waals surface area contributed by atoms with Crippen molar-refractivity contribution in [3.63, 3.8) is 0 Å². The minimum Gasteiger partial charge on any atom is -0.338 e. The molecule has 0 unspecified atom stereocenters. The summed E-state index contributed by atoms with van der Waals surface area (Å²) in [6.45, 7) is 4.12. The molecule has 2 rings (SSSR count). The molecule has 1 aromatic rings. The fraction of sp³-hybridized carbons (Fsp3) is 0.583. The van der Waals surface area contributed by atoms with E-state index in [0.717, 1.165) is 23.9 Å². The Balaban J connectivity index is 1.93. The van der Waals surface area contributed by atoms with Gasteiger partial charge in [0.1, 0.15) is 0 Å². The Hall–Kier alpha value is -0.830. The van der Waals surface area contributed by atoms with Crippen molar-refractivity contribution in [1.82, 2.24) is 4.90 Å². The summed E-state index contributed by atoms with van der Waals surface area (Å²) < 4.78 is 0. The van der Waals surface area contributed by atoms with Crippen molar-refractivity contribution in [3.05, 3.63) is 22.4 Å². The minimum absolute atomic E-state index is 0.222. The van der Waals surface area contributed by atoms with Crippen LogP contribution < -0.4 is 0 Å². The van der Waals surface area contributed by atoms with Crippen molar-refractivity contribution in [1.29, 1.82) is 0 Å². The van der Waals surface area contributed by atoms with Gasteiger partial charge in [0.05, 0.1) is 4.88 Å². The predicted molar refractivity (Wildman–Crippen MR) is 63.2 cm³/mol. The highest BCUT2D eigenvalue weighted by atomic mass is 32.1. The molecular formula is C12H17NOS. The van der Waals surface area contributed by atoms with Gasteiger partial charge in [0.15, 0.2) is 0 Å².